The number of carbonyl (C=O) groups excluding carboxylic acids is 2. The molecule has 1 amide bonds. The van der Waals surface area contributed by atoms with Crippen LogP contribution in [0.15, 0.2) is 0 Å². The highest BCUT2D eigenvalue weighted by Crippen LogP contribution is 2.37. The molecule has 4 heteroatoms. The second-order valence-corrected chi connectivity index (χ2v) is 5.79. The molecule has 1 heterocycles. The summed E-state index contributed by atoms with van der Waals surface area (Å²) in [6, 6.07) is 0. The van der Waals surface area contributed by atoms with Gasteiger partial charge in [0.1, 0.15) is 5.92 Å². The van der Waals surface area contributed by atoms with Crippen molar-refractivity contribution < 1.29 is 14.3 Å². The number of carbonyl (C=O) groups is 2. The number of likely N-dealkylation sites (tertiary alicyclic amines) is 1. The molecule has 1 unspecified atom stereocenters. The normalized spacial score (nSPS) is 25.3. The minimum atomic E-state index is -0.681. The molecule has 2 atom stereocenters. The molecule has 0 aliphatic carbocycles. The lowest BCUT2D eigenvalue weighted by molar-refractivity contribution is -0.154. The van der Waals surface area contributed by atoms with Crippen LogP contribution < -0.4 is 0 Å². The number of rotatable bonds is 4. The van der Waals surface area contributed by atoms with Crippen LogP contribution in [0.25, 0.3) is 0 Å². The maximum Gasteiger partial charge on any atom is 0.318 e. The van der Waals surface area contributed by atoms with Gasteiger partial charge in [-0.05, 0) is 31.6 Å². The summed E-state index contributed by atoms with van der Waals surface area (Å²) >= 11 is 0. The molecule has 1 saturated heterocycles. The van der Waals surface area contributed by atoms with Crippen LogP contribution in [0, 0.1) is 17.3 Å². The first-order valence-electron chi connectivity index (χ1n) is 6.77. The Morgan fingerprint density at radius 2 is 1.94 bits per heavy atom. The van der Waals surface area contributed by atoms with E-state index in [9.17, 15) is 9.59 Å². The average Bonchev–Trinajstić information content (AvgIpc) is 2.72. The Labute approximate surface area is 110 Å². The zero-order chi connectivity index (χ0) is 13.9. The zero-order valence-electron chi connectivity index (χ0n) is 12.2. The summed E-state index contributed by atoms with van der Waals surface area (Å²) in [7, 11) is 0. The van der Waals surface area contributed by atoms with Crippen LogP contribution in [0.4, 0.5) is 0 Å². The van der Waals surface area contributed by atoms with E-state index >= 15 is 0 Å². The van der Waals surface area contributed by atoms with E-state index in [1.54, 1.807) is 13.8 Å². The number of esters is 1. The van der Waals surface area contributed by atoms with Gasteiger partial charge in [0.2, 0.25) is 5.91 Å². The monoisotopic (exact) mass is 255 g/mol. The second-order valence-electron chi connectivity index (χ2n) is 5.79. The van der Waals surface area contributed by atoms with Crippen LogP contribution in [0.3, 0.4) is 0 Å². The van der Waals surface area contributed by atoms with Crippen LogP contribution in [-0.2, 0) is 14.3 Å². The first-order valence-corrected chi connectivity index (χ1v) is 6.77. The van der Waals surface area contributed by atoms with Crippen molar-refractivity contribution in [3.8, 4) is 0 Å². The Morgan fingerprint density at radius 1 is 1.33 bits per heavy atom. The average molecular weight is 255 g/mol. The Hall–Kier alpha value is -1.06. The summed E-state index contributed by atoms with van der Waals surface area (Å²) in [5.41, 5.74) is 0.171. The predicted molar refractivity (Wildman–Crippen MR) is 69.9 cm³/mol. The lowest BCUT2D eigenvalue weighted by Crippen LogP contribution is -2.39. The van der Waals surface area contributed by atoms with Crippen molar-refractivity contribution in [1.29, 1.82) is 0 Å². The lowest BCUT2D eigenvalue weighted by Gasteiger charge is -2.29. The fourth-order valence-electron chi connectivity index (χ4n) is 2.29. The molecule has 0 bridgehead atoms. The molecule has 1 aliphatic heterocycles. The standard InChI is InChI=1S/C14H25NO3/c1-6-18-13(17)11(4)12(16)15-8-7-14(5,9-15)10(2)3/h10-11H,6-9H2,1-5H3/t11?,14-/m0/s1. The van der Waals surface area contributed by atoms with Crippen molar-refractivity contribution in [2.24, 2.45) is 17.3 Å². The van der Waals surface area contributed by atoms with Gasteiger partial charge in [-0.2, -0.15) is 0 Å². The van der Waals surface area contributed by atoms with Gasteiger partial charge in [-0.3, -0.25) is 9.59 Å². The topological polar surface area (TPSA) is 46.6 Å². The maximum absolute atomic E-state index is 12.2. The molecule has 0 saturated carbocycles. The fraction of sp³-hybridized carbons (Fsp3) is 0.857. The summed E-state index contributed by atoms with van der Waals surface area (Å²) < 4.78 is 4.90. The van der Waals surface area contributed by atoms with Gasteiger partial charge < -0.3 is 9.64 Å². The van der Waals surface area contributed by atoms with Gasteiger partial charge in [0.05, 0.1) is 6.61 Å². The van der Waals surface area contributed by atoms with Crippen molar-refractivity contribution in [2.75, 3.05) is 19.7 Å². The van der Waals surface area contributed by atoms with Crippen LogP contribution in [0.2, 0.25) is 0 Å². The maximum atomic E-state index is 12.2. The Balaban J connectivity index is 2.62. The number of hydrogen-bond donors (Lipinski definition) is 0. The van der Waals surface area contributed by atoms with Crippen molar-refractivity contribution in [3.63, 3.8) is 0 Å². The van der Waals surface area contributed by atoms with Crippen molar-refractivity contribution in [3.05, 3.63) is 0 Å². The van der Waals surface area contributed by atoms with E-state index in [1.165, 1.54) is 0 Å². The molecule has 0 radical (unpaired) electrons. The summed E-state index contributed by atoms with van der Waals surface area (Å²) in [5.74, 6) is -0.661. The Bertz CT molecular complexity index is 327. The summed E-state index contributed by atoms with van der Waals surface area (Å²) in [4.78, 5) is 25.6. The molecule has 0 aromatic heterocycles. The Morgan fingerprint density at radius 3 is 2.39 bits per heavy atom. The van der Waals surface area contributed by atoms with E-state index in [4.69, 9.17) is 4.74 Å². The third-order valence-electron chi connectivity index (χ3n) is 4.22. The quantitative estimate of drug-likeness (QED) is 0.571. The largest absolute Gasteiger partial charge is 0.465 e. The molecule has 1 rings (SSSR count). The fourth-order valence-corrected chi connectivity index (χ4v) is 2.29. The van der Waals surface area contributed by atoms with E-state index in [1.807, 2.05) is 4.90 Å². The number of nitrogens with zero attached hydrogens (tertiary/aromatic N) is 1. The molecular weight excluding hydrogens is 230 g/mol. The molecule has 1 fully saturated rings. The van der Waals surface area contributed by atoms with E-state index in [2.05, 4.69) is 20.8 Å². The van der Waals surface area contributed by atoms with Crippen LogP contribution in [0.5, 0.6) is 0 Å². The summed E-state index contributed by atoms with van der Waals surface area (Å²) in [6.45, 7) is 11.8. The molecule has 0 spiro atoms. The van der Waals surface area contributed by atoms with Crippen LogP contribution >= 0.6 is 0 Å². The minimum absolute atomic E-state index is 0.0992. The minimum Gasteiger partial charge on any atom is -0.465 e. The lowest BCUT2D eigenvalue weighted by atomic mass is 9.78. The van der Waals surface area contributed by atoms with Crippen molar-refractivity contribution in [1.82, 2.24) is 4.90 Å². The van der Waals surface area contributed by atoms with Gasteiger partial charge in [0.15, 0.2) is 0 Å². The van der Waals surface area contributed by atoms with E-state index in [-0.39, 0.29) is 11.3 Å². The van der Waals surface area contributed by atoms with Crippen LogP contribution in [-0.4, -0.2) is 36.5 Å². The molecule has 4 nitrogen and oxygen atoms in total. The van der Waals surface area contributed by atoms with Gasteiger partial charge in [0.25, 0.3) is 0 Å². The Kier molecular flexibility index (Phi) is 4.77. The first-order chi connectivity index (χ1) is 8.31. The van der Waals surface area contributed by atoms with Crippen LogP contribution in [0.1, 0.15) is 41.0 Å². The highest BCUT2D eigenvalue weighted by molar-refractivity contribution is 5.97. The molecular formula is C14H25NO3. The van der Waals surface area contributed by atoms with Crippen molar-refractivity contribution in [2.45, 2.75) is 41.0 Å². The van der Waals surface area contributed by atoms with Gasteiger partial charge in [-0.25, -0.2) is 0 Å². The molecule has 104 valence electrons. The predicted octanol–water partition coefficient (Wildman–Crippen LogP) is 2.08. The number of hydrogen-bond acceptors (Lipinski definition) is 3. The van der Waals surface area contributed by atoms with E-state index < -0.39 is 11.9 Å². The van der Waals surface area contributed by atoms with Gasteiger partial charge >= 0.3 is 5.97 Å². The summed E-state index contributed by atoms with van der Waals surface area (Å²) in [6.07, 6.45) is 1.01. The SMILES string of the molecule is CCOC(=O)C(C)C(=O)N1CC[C@](C)(C(C)C)C1. The highest BCUT2D eigenvalue weighted by atomic mass is 16.5. The third-order valence-corrected chi connectivity index (χ3v) is 4.22. The third kappa shape index (κ3) is 3.03. The zero-order valence-corrected chi connectivity index (χ0v) is 12.2. The molecule has 0 aromatic carbocycles. The molecule has 1 aliphatic rings. The first kappa shape index (κ1) is 15.0. The smallest absolute Gasteiger partial charge is 0.318 e. The number of amides is 1. The molecule has 0 aromatic rings. The van der Waals surface area contributed by atoms with Crippen molar-refractivity contribution >= 4 is 11.9 Å². The highest BCUT2D eigenvalue weighted by Gasteiger charge is 2.40. The van der Waals surface area contributed by atoms with Gasteiger partial charge in [-0.1, -0.05) is 20.8 Å². The van der Waals surface area contributed by atoms with E-state index in [0.717, 1.165) is 19.5 Å². The number of ether oxygens (including phenoxy) is 1. The van der Waals surface area contributed by atoms with E-state index in [0.29, 0.717) is 12.5 Å². The second kappa shape index (κ2) is 5.72. The molecule has 18 heavy (non-hydrogen) atoms. The summed E-state index contributed by atoms with van der Waals surface area (Å²) in [5, 5.41) is 0. The van der Waals surface area contributed by atoms with Gasteiger partial charge in [-0.15, -0.1) is 0 Å². The van der Waals surface area contributed by atoms with Gasteiger partial charge in [0, 0.05) is 13.1 Å². The molecule has 0 N–H and O–H groups in total.